The summed E-state index contributed by atoms with van der Waals surface area (Å²) in [7, 11) is 0. The molecule has 0 amide bonds. The summed E-state index contributed by atoms with van der Waals surface area (Å²) < 4.78 is 6.63. The van der Waals surface area contributed by atoms with Gasteiger partial charge in [-0.25, -0.2) is 0 Å². The molecule has 0 saturated heterocycles. The van der Waals surface area contributed by atoms with Gasteiger partial charge in [-0.05, 0) is 65.3 Å². The Bertz CT molecular complexity index is 682. The van der Waals surface area contributed by atoms with Crippen molar-refractivity contribution in [2.24, 2.45) is 0 Å². The number of halogens is 2. The van der Waals surface area contributed by atoms with Gasteiger partial charge in [0.25, 0.3) is 0 Å². The Morgan fingerprint density at radius 1 is 1.25 bits per heavy atom. The van der Waals surface area contributed by atoms with Gasteiger partial charge in [0.1, 0.15) is 5.75 Å². The summed E-state index contributed by atoms with van der Waals surface area (Å²) >= 11 is 8.24. The smallest absolute Gasteiger partial charge is 0.196 e. The van der Waals surface area contributed by atoms with E-state index in [0.717, 1.165) is 27.7 Å². The van der Waals surface area contributed by atoms with Gasteiger partial charge in [0.05, 0.1) is 17.2 Å². The summed E-state index contributed by atoms with van der Waals surface area (Å²) in [6.07, 6.45) is 1.96. The van der Waals surface area contributed by atoms with Crippen molar-refractivity contribution in [3.63, 3.8) is 0 Å². The average Bonchev–Trinajstić information content (AvgIpc) is 2.49. The van der Waals surface area contributed by atoms with E-state index in [0.29, 0.717) is 22.8 Å². The lowest BCUT2D eigenvalue weighted by Gasteiger charge is -2.19. The fourth-order valence-corrected chi connectivity index (χ4v) is 2.88. The van der Waals surface area contributed by atoms with Gasteiger partial charge in [-0.1, -0.05) is 23.7 Å². The number of aryl methyl sites for hydroxylation is 1. The maximum Gasteiger partial charge on any atom is 0.196 e. The third-order valence-electron chi connectivity index (χ3n) is 3.36. The van der Waals surface area contributed by atoms with E-state index in [1.165, 1.54) is 0 Å². The SMILES string of the molecule is O=C(c1ccc(I)c(Cl)c1)c1cccc2c1OCCC2. The van der Waals surface area contributed by atoms with Gasteiger partial charge in [-0.3, -0.25) is 4.79 Å². The van der Waals surface area contributed by atoms with Crippen LogP contribution in [0.4, 0.5) is 0 Å². The van der Waals surface area contributed by atoms with Crippen molar-refractivity contribution in [1.82, 2.24) is 0 Å². The van der Waals surface area contributed by atoms with Crippen LogP contribution in [0.15, 0.2) is 36.4 Å². The lowest BCUT2D eigenvalue weighted by Crippen LogP contribution is -2.13. The maximum absolute atomic E-state index is 12.6. The van der Waals surface area contributed by atoms with E-state index in [-0.39, 0.29) is 5.78 Å². The molecule has 102 valence electrons. The standard InChI is InChI=1S/C16H12ClIO2/c17-13-9-11(6-7-14(13)18)15(19)12-5-1-3-10-4-2-8-20-16(10)12/h1,3,5-7,9H,2,4,8H2. The number of hydrogen-bond donors (Lipinski definition) is 0. The molecule has 20 heavy (non-hydrogen) atoms. The van der Waals surface area contributed by atoms with Gasteiger partial charge in [-0.2, -0.15) is 0 Å². The normalized spacial score (nSPS) is 13.5. The van der Waals surface area contributed by atoms with Crippen molar-refractivity contribution in [2.75, 3.05) is 6.61 Å². The summed E-state index contributed by atoms with van der Waals surface area (Å²) in [4.78, 5) is 12.6. The largest absolute Gasteiger partial charge is 0.493 e. The van der Waals surface area contributed by atoms with E-state index < -0.39 is 0 Å². The molecule has 3 rings (SSSR count). The first-order valence-electron chi connectivity index (χ1n) is 6.41. The van der Waals surface area contributed by atoms with Crippen LogP contribution in [0, 0.1) is 3.57 Å². The van der Waals surface area contributed by atoms with Crippen LogP contribution in [0.25, 0.3) is 0 Å². The molecule has 0 spiro atoms. The molecule has 1 aliphatic rings. The van der Waals surface area contributed by atoms with Crippen molar-refractivity contribution in [2.45, 2.75) is 12.8 Å². The Hall–Kier alpha value is -1.07. The molecular formula is C16H12ClIO2. The topological polar surface area (TPSA) is 26.3 Å². The fourth-order valence-electron chi connectivity index (χ4n) is 2.36. The minimum atomic E-state index is -0.0398. The van der Waals surface area contributed by atoms with Crippen LogP contribution < -0.4 is 4.74 Å². The number of benzene rings is 2. The number of para-hydroxylation sites is 1. The molecule has 2 aromatic carbocycles. The zero-order chi connectivity index (χ0) is 14.1. The Kier molecular flexibility index (Phi) is 3.98. The van der Waals surface area contributed by atoms with Crippen LogP contribution in [0.1, 0.15) is 27.9 Å². The molecule has 0 aromatic heterocycles. The van der Waals surface area contributed by atoms with Crippen LogP contribution in [-0.4, -0.2) is 12.4 Å². The number of hydrogen-bond acceptors (Lipinski definition) is 2. The zero-order valence-electron chi connectivity index (χ0n) is 10.7. The number of ketones is 1. The molecule has 2 aromatic rings. The Morgan fingerprint density at radius 3 is 2.90 bits per heavy atom. The molecule has 0 unspecified atom stereocenters. The number of fused-ring (bicyclic) bond motifs is 1. The van der Waals surface area contributed by atoms with Crippen molar-refractivity contribution in [1.29, 1.82) is 0 Å². The Labute approximate surface area is 136 Å². The third kappa shape index (κ3) is 2.56. The molecule has 0 saturated carbocycles. The van der Waals surface area contributed by atoms with Crippen molar-refractivity contribution in [3.05, 3.63) is 61.7 Å². The van der Waals surface area contributed by atoms with Crippen molar-refractivity contribution in [3.8, 4) is 5.75 Å². The van der Waals surface area contributed by atoms with Gasteiger partial charge < -0.3 is 4.74 Å². The molecule has 0 atom stereocenters. The number of rotatable bonds is 2. The Morgan fingerprint density at radius 2 is 2.10 bits per heavy atom. The first-order chi connectivity index (χ1) is 9.66. The molecule has 0 aliphatic carbocycles. The highest BCUT2D eigenvalue weighted by atomic mass is 127. The molecule has 0 radical (unpaired) electrons. The second-order valence-electron chi connectivity index (χ2n) is 4.70. The van der Waals surface area contributed by atoms with Crippen LogP contribution in [0.3, 0.4) is 0 Å². The first-order valence-corrected chi connectivity index (χ1v) is 7.87. The van der Waals surface area contributed by atoms with E-state index in [1.807, 2.05) is 24.3 Å². The summed E-state index contributed by atoms with van der Waals surface area (Å²) in [6.45, 7) is 0.671. The molecule has 2 nitrogen and oxygen atoms in total. The van der Waals surface area contributed by atoms with E-state index >= 15 is 0 Å². The fraction of sp³-hybridized carbons (Fsp3) is 0.188. The van der Waals surface area contributed by atoms with Gasteiger partial charge in [0.2, 0.25) is 0 Å². The highest BCUT2D eigenvalue weighted by Crippen LogP contribution is 2.31. The summed E-state index contributed by atoms with van der Waals surface area (Å²) in [6, 6.07) is 11.1. The number of carbonyl (C=O) groups excluding carboxylic acids is 1. The van der Waals surface area contributed by atoms with Gasteiger partial charge in [-0.15, -0.1) is 0 Å². The van der Waals surface area contributed by atoms with Gasteiger partial charge in [0, 0.05) is 9.13 Å². The van der Waals surface area contributed by atoms with Crippen LogP contribution in [0.2, 0.25) is 5.02 Å². The minimum Gasteiger partial charge on any atom is -0.493 e. The van der Waals surface area contributed by atoms with Crippen LogP contribution in [-0.2, 0) is 6.42 Å². The molecule has 1 heterocycles. The summed E-state index contributed by atoms with van der Waals surface area (Å²) in [5, 5.41) is 0.599. The highest BCUT2D eigenvalue weighted by molar-refractivity contribution is 14.1. The number of ether oxygens (including phenoxy) is 1. The molecule has 4 heteroatoms. The van der Waals surface area contributed by atoms with Gasteiger partial charge in [0.15, 0.2) is 5.78 Å². The second kappa shape index (κ2) is 5.74. The highest BCUT2D eigenvalue weighted by Gasteiger charge is 2.20. The predicted molar refractivity (Wildman–Crippen MR) is 87.9 cm³/mol. The molecular weight excluding hydrogens is 387 g/mol. The van der Waals surface area contributed by atoms with Gasteiger partial charge >= 0.3 is 0 Å². The Balaban J connectivity index is 2.04. The quantitative estimate of drug-likeness (QED) is 0.550. The summed E-state index contributed by atoms with van der Waals surface area (Å²) in [5.41, 5.74) is 2.33. The number of carbonyl (C=O) groups is 1. The summed E-state index contributed by atoms with van der Waals surface area (Å²) in [5.74, 6) is 0.695. The molecule has 0 bridgehead atoms. The third-order valence-corrected chi connectivity index (χ3v) is 4.93. The monoisotopic (exact) mass is 398 g/mol. The lowest BCUT2D eigenvalue weighted by molar-refractivity contribution is 0.103. The van der Waals surface area contributed by atoms with E-state index in [1.54, 1.807) is 12.1 Å². The average molecular weight is 399 g/mol. The zero-order valence-corrected chi connectivity index (χ0v) is 13.6. The first kappa shape index (κ1) is 13.9. The second-order valence-corrected chi connectivity index (χ2v) is 6.27. The van der Waals surface area contributed by atoms with E-state index in [2.05, 4.69) is 22.6 Å². The molecule has 1 aliphatic heterocycles. The van der Waals surface area contributed by atoms with E-state index in [9.17, 15) is 4.79 Å². The van der Waals surface area contributed by atoms with Crippen molar-refractivity contribution >= 4 is 40.0 Å². The van der Waals surface area contributed by atoms with Crippen LogP contribution in [0.5, 0.6) is 5.75 Å². The van der Waals surface area contributed by atoms with Crippen molar-refractivity contribution < 1.29 is 9.53 Å². The molecule has 0 N–H and O–H groups in total. The molecule has 0 fully saturated rings. The van der Waals surface area contributed by atoms with E-state index in [4.69, 9.17) is 16.3 Å². The predicted octanol–water partition coefficient (Wildman–Crippen LogP) is 4.50. The lowest BCUT2D eigenvalue weighted by atomic mass is 9.97. The minimum absolute atomic E-state index is 0.0398. The maximum atomic E-state index is 12.6. The van der Waals surface area contributed by atoms with Crippen LogP contribution >= 0.6 is 34.2 Å².